The largest absolute Gasteiger partial charge is 0.478 e. The van der Waals surface area contributed by atoms with Gasteiger partial charge in [-0.2, -0.15) is 0 Å². The zero-order valence-corrected chi connectivity index (χ0v) is 10.3. The summed E-state index contributed by atoms with van der Waals surface area (Å²) < 4.78 is 15.3. The number of fused-ring (bicyclic) bond motifs is 1. The molecule has 100 valence electrons. The van der Waals surface area contributed by atoms with Crippen LogP contribution < -0.4 is 0 Å². The highest BCUT2D eigenvalue weighted by Gasteiger charge is 2.11. The maximum atomic E-state index is 13.6. The number of carbonyl (C=O) groups is 1. The van der Waals surface area contributed by atoms with Crippen LogP contribution in [0.25, 0.3) is 11.0 Å². The summed E-state index contributed by atoms with van der Waals surface area (Å²) in [7, 11) is 0. The van der Waals surface area contributed by atoms with E-state index in [1.807, 2.05) is 24.3 Å². The first-order chi connectivity index (χ1) is 9.65. The van der Waals surface area contributed by atoms with Crippen molar-refractivity contribution in [2.75, 3.05) is 0 Å². The number of para-hydroxylation sites is 1. The quantitative estimate of drug-likeness (QED) is 0.793. The summed E-state index contributed by atoms with van der Waals surface area (Å²) in [5.41, 5.74) is 1.89. The fourth-order valence-corrected chi connectivity index (χ4v) is 2.04. The smallest absolute Gasteiger partial charge is 0.338 e. The Morgan fingerprint density at radius 3 is 2.80 bits per heavy atom. The van der Waals surface area contributed by atoms with Crippen LogP contribution in [0, 0.1) is 5.82 Å². The number of carboxylic acids is 1. The van der Waals surface area contributed by atoms with E-state index in [2.05, 4.69) is 10.3 Å². The molecule has 0 spiro atoms. The van der Waals surface area contributed by atoms with Crippen LogP contribution in [0.1, 0.15) is 15.9 Å². The van der Waals surface area contributed by atoms with Crippen molar-refractivity contribution in [3.63, 3.8) is 0 Å². The highest BCUT2D eigenvalue weighted by Crippen LogP contribution is 2.15. The molecule has 0 bridgehead atoms. The highest BCUT2D eigenvalue weighted by molar-refractivity contribution is 5.87. The molecular formula is C14H10FN3O2. The number of carboxylic acid groups (broad SMARTS) is 1. The minimum atomic E-state index is -1.28. The first-order valence-electron chi connectivity index (χ1n) is 5.95. The van der Waals surface area contributed by atoms with Crippen LogP contribution in [0.2, 0.25) is 0 Å². The Bertz CT molecular complexity index is 798. The third kappa shape index (κ3) is 2.11. The Labute approximate surface area is 113 Å². The fraction of sp³-hybridized carbons (Fsp3) is 0.0714. The molecule has 6 heteroatoms. The van der Waals surface area contributed by atoms with Gasteiger partial charge in [-0.05, 0) is 29.8 Å². The second-order valence-electron chi connectivity index (χ2n) is 4.36. The molecule has 1 heterocycles. The second-order valence-corrected chi connectivity index (χ2v) is 4.36. The second kappa shape index (κ2) is 4.73. The van der Waals surface area contributed by atoms with Crippen LogP contribution >= 0.6 is 0 Å². The van der Waals surface area contributed by atoms with Crippen molar-refractivity contribution >= 4 is 17.0 Å². The van der Waals surface area contributed by atoms with E-state index in [-0.39, 0.29) is 5.56 Å². The number of hydrogen-bond donors (Lipinski definition) is 1. The number of rotatable bonds is 3. The first kappa shape index (κ1) is 12.3. The lowest BCUT2D eigenvalue weighted by atomic mass is 10.1. The molecule has 0 atom stereocenters. The molecule has 0 aliphatic carbocycles. The molecule has 0 amide bonds. The van der Waals surface area contributed by atoms with Crippen molar-refractivity contribution in [1.82, 2.24) is 15.0 Å². The monoisotopic (exact) mass is 271 g/mol. The third-order valence-corrected chi connectivity index (χ3v) is 3.02. The number of benzene rings is 2. The molecule has 3 rings (SSSR count). The molecule has 20 heavy (non-hydrogen) atoms. The van der Waals surface area contributed by atoms with Crippen LogP contribution in [-0.4, -0.2) is 26.1 Å². The van der Waals surface area contributed by atoms with Gasteiger partial charge in [-0.15, -0.1) is 5.10 Å². The lowest BCUT2D eigenvalue weighted by Crippen LogP contribution is -2.05. The van der Waals surface area contributed by atoms with Crippen LogP contribution in [-0.2, 0) is 6.54 Å². The number of halogens is 1. The Balaban J connectivity index is 1.95. The molecule has 0 fully saturated rings. The van der Waals surface area contributed by atoms with Gasteiger partial charge in [-0.1, -0.05) is 23.4 Å². The van der Waals surface area contributed by atoms with E-state index in [0.29, 0.717) is 12.1 Å². The molecule has 0 unspecified atom stereocenters. The average molecular weight is 271 g/mol. The summed E-state index contributed by atoms with van der Waals surface area (Å²) >= 11 is 0. The molecule has 5 nitrogen and oxygen atoms in total. The fourth-order valence-electron chi connectivity index (χ4n) is 2.04. The standard InChI is InChI=1S/C14H10FN3O2/c15-11-7-9(5-6-10(11)14(19)20)8-18-13-4-2-1-3-12(13)16-17-18/h1-7H,8H2,(H,19,20). The number of nitrogens with zero attached hydrogens (tertiary/aromatic N) is 3. The molecule has 0 aliphatic rings. The maximum Gasteiger partial charge on any atom is 0.338 e. The number of aromatic nitrogens is 3. The van der Waals surface area contributed by atoms with E-state index >= 15 is 0 Å². The van der Waals surface area contributed by atoms with Gasteiger partial charge in [0.2, 0.25) is 0 Å². The lowest BCUT2D eigenvalue weighted by Gasteiger charge is -2.04. The summed E-state index contributed by atoms with van der Waals surface area (Å²) in [6, 6.07) is 11.5. The molecule has 1 N–H and O–H groups in total. The SMILES string of the molecule is O=C(O)c1ccc(Cn2nnc3ccccc32)cc1F. The van der Waals surface area contributed by atoms with Gasteiger partial charge in [-0.25, -0.2) is 13.9 Å². The Morgan fingerprint density at radius 1 is 1.25 bits per heavy atom. The Hall–Kier alpha value is -2.76. The minimum Gasteiger partial charge on any atom is -0.478 e. The van der Waals surface area contributed by atoms with Crippen molar-refractivity contribution < 1.29 is 14.3 Å². The Morgan fingerprint density at radius 2 is 2.05 bits per heavy atom. The highest BCUT2D eigenvalue weighted by atomic mass is 19.1. The van der Waals surface area contributed by atoms with Gasteiger partial charge < -0.3 is 5.11 Å². The normalized spacial score (nSPS) is 10.8. The van der Waals surface area contributed by atoms with E-state index in [1.54, 1.807) is 10.7 Å². The van der Waals surface area contributed by atoms with Crippen molar-refractivity contribution in [3.05, 3.63) is 59.4 Å². The molecule has 0 saturated carbocycles. The van der Waals surface area contributed by atoms with Crippen LogP contribution in [0.5, 0.6) is 0 Å². The molecule has 3 aromatic rings. The molecule has 2 aromatic carbocycles. The van der Waals surface area contributed by atoms with E-state index in [1.165, 1.54) is 12.1 Å². The van der Waals surface area contributed by atoms with E-state index in [0.717, 1.165) is 11.0 Å². The van der Waals surface area contributed by atoms with Crippen molar-refractivity contribution in [2.24, 2.45) is 0 Å². The van der Waals surface area contributed by atoms with Gasteiger partial charge in [0.15, 0.2) is 0 Å². The summed E-state index contributed by atoms with van der Waals surface area (Å²) in [5, 5.41) is 16.8. The zero-order chi connectivity index (χ0) is 14.1. The molecular weight excluding hydrogens is 261 g/mol. The third-order valence-electron chi connectivity index (χ3n) is 3.02. The van der Waals surface area contributed by atoms with Crippen molar-refractivity contribution in [1.29, 1.82) is 0 Å². The lowest BCUT2D eigenvalue weighted by molar-refractivity contribution is 0.0692. The molecule has 0 aliphatic heterocycles. The average Bonchev–Trinajstić information content (AvgIpc) is 2.82. The topological polar surface area (TPSA) is 68.0 Å². The summed E-state index contributed by atoms with van der Waals surface area (Å²) in [6.07, 6.45) is 0. The van der Waals surface area contributed by atoms with Crippen molar-refractivity contribution in [3.8, 4) is 0 Å². The number of aromatic carboxylic acids is 1. The Kier molecular flexibility index (Phi) is 2.90. The maximum absolute atomic E-state index is 13.6. The van der Waals surface area contributed by atoms with Gasteiger partial charge in [-0.3, -0.25) is 0 Å². The van der Waals surface area contributed by atoms with E-state index in [9.17, 15) is 9.18 Å². The zero-order valence-electron chi connectivity index (χ0n) is 10.3. The minimum absolute atomic E-state index is 0.331. The molecule has 0 saturated heterocycles. The van der Waals surface area contributed by atoms with E-state index in [4.69, 9.17) is 5.11 Å². The van der Waals surface area contributed by atoms with Crippen LogP contribution in [0.3, 0.4) is 0 Å². The number of hydrogen-bond acceptors (Lipinski definition) is 3. The predicted octanol–water partition coefficient (Wildman–Crippen LogP) is 2.32. The predicted molar refractivity (Wildman–Crippen MR) is 70.0 cm³/mol. The van der Waals surface area contributed by atoms with E-state index < -0.39 is 11.8 Å². The molecule has 1 aromatic heterocycles. The first-order valence-corrected chi connectivity index (χ1v) is 5.95. The van der Waals surface area contributed by atoms with Crippen LogP contribution in [0.15, 0.2) is 42.5 Å². The van der Waals surface area contributed by atoms with Gasteiger partial charge in [0.05, 0.1) is 17.6 Å². The summed E-state index contributed by atoms with van der Waals surface area (Å²) in [4.78, 5) is 10.8. The van der Waals surface area contributed by atoms with Gasteiger partial charge in [0.25, 0.3) is 0 Å². The van der Waals surface area contributed by atoms with Crippen molar-refractivity contribution in [2.45, 2.75) is 6.54 Å². The molecule has 0 radical (unpaired) electrons. The summed E-state index contributed by atoms with van der Waals surface area (Å²) in [5.74, 6) is -2.03. The van der Waals surface area contributed by atoms with Gasteiger partial charge in [0, 0.05) is 0 Å². The van der Waals surface area contributed by atoms with Gasteiger partial charge >= 0.3 is 5.97 Å². The van der Waals surface area contributed by atoms with Crippen LogP contribution in [0.4, 0.5) is 4.39 Å². The van der Waals surface area contributed by atoms with Gasteiger partial charge in [0.1, 0.15) is 11.3 Å². The summed E-state index contributed by atoms with van der Waals surface area (Å²) in [6.45, 7) is 0.331.